The van der Waals surface area contributed by atoms with Crippen molar-refractivity contribution in [2.75, 3.05) is 6.54 Å². The molecule has 1 aromatic rings. The second kappa shape index (κ2) is 5.41. The van der Waals surface area contributed by atoms with Crippen molar-refractivity contribution in [2.45, 2.75) is 46.1 Å². The van der Waals surface area contributed by atoms with Crippen LogP contribution in [0.2, 0.25) is 0 Å². The van der Waals surface area contributed by atoms with Gasteiger partial charge in [-0.2, -0.15) is 0 Å². The molecule has 1 aliphatic carbocycles. The van der Waals surface area contributed by atoms with E-state index in [1.165, 1.54) is 28.6 Å². The summed E-state index contributed by atoms with van der Waals surface area (Å²) in [5, 5.41) is 5.88. The van der Waals surface area contributed by atoms with Gasteiger partial charge in [0, 0.05) is 27.3 Å². The quantitative estimate of drug-likeness (QED) is 0.816. The third-order valence-corrected chi connectivity index (χ3v) is 5.66. The van der Waals surface area contributed by atoms with Gasteiger partial charge in [-0.15, -0.1) is 11.3 Å². The van der Waals surface area contributed by atoms with Crippen molar-refractivity contribution < 1.29 is 0 Å². The van der Waals surface area contributed by atoms with Crippen LogP contribution in [-0.4, -0.2) is 12.6 Å². The van der Waals surface area contributed by atoms with Gasteiger partial charge in [0.2, 0.25) is 0 Å². The van der Waals surface area contributed by atoms with Crippen LogP contribution < -0.4 is 5.32 Å². The normalized spacial score (nSPS) is 19.6. The number of nitrogens with one attached hydrogen (secondary N) is 1. The molecule has 0 saturated heterocycles. The average molecular weight is 316 g/mol. The third-order valence-electron chi connectivity index (χ3n) is 3.97. The van der Waals surface area contributed by atoms with E-state index in [-0.39, 0.29) is 0 Å². The van der Waals surface area contributed by atoms with Gasteiger partial charge in [-0.25, -0.2) is 0 Å². The van der Waals surface area contributed by atoms with Gasteiger partial charge in [-0.3, -0.25) is 0 Å². The Morgan fingerprint density at radius 3 is 2.71 bits per heavy atom. The van der Waals surface area contributed by atoms with E-state index in [0.29, 0.717) is 11.3 Å². The van der Waals surface area contributed by atoms with Gasteiger partial charge in [-0.1, -0.05) is 20.8 Å². The number of hydrogen-bond acceptors (Lipinski definition) is 2. The molecule has 1 aromatic heterocycles. The molecule has 2 rings (SSSR count). The summed E-state index contributed by atoms with van der Waals surface area (Å²) < 4.78 is 1.22. The molecule has 0 bridgehead atoms. The Balaban J connectivity index is 1.98. The molecule has 0 aromatic carbocycles. The van der Waals surface area contributed by atoms with Crippen molar-refractivity contribution in [2.24, 2.45) is 11.3 Å². The van der Waals surface area contributed by atoms with Crippen molar-refractivity contribution in [1.29, 1.82) is 0 Å². The molecule has 1 heterocycles. The van der Waals surface area contributed by atoms with Crippen LogP contribution in [0.15, 0.2) is 15.9 Å². The molecule has 1 unspecified atom stereocenters. The monoisotopic (exact) mass is 315 g/mol. The van der Waals surface area contributed by atoms with Gasteiger partial charge in [0.05, 0.1) is 0 Å². The highest BCUT2D eigenvalue weighted by Crippen LogP contribution is 2.34. The minimum atomic E-state index is 0.368. The van der Waals surface area contributed by atoms with Crippen LogP contribution in [0.5, 0.6) is 0 Å². The SMILES string of the molecule is CC(C)C(C)(CNC1CC1)Cc1cc(Br)cs1. The first-order chi connectivity index (χ1) is 7.99. The Labute approximate surface area is 117 Å². The van der Waals surface area contributed by atoms with E-state index in [9.17, 15) is 0 Å². The van der Waals surface area contributed by atoms with E-state index in [2.05, 4.69) is 53.5 Å². The van der Waals surface area contributed by atoms with Crippen LogP contribution in [0.1, 0.15) is 38.5 Å². The maximum atomic E-state index is 3.70. The highest BCUT2D eigenvalue weighted by Gasteiger charge is 2.31. The first-order valence-corrected chi connectivity index (χ1v) is 8.13. The first-order valence-electron chi connectivity index (χ1n) is 6.46. The zero-order valence-corrected chi connectivity index (χ0v) is 13.3. The van der Waals surface area contributed by atoms with Crippen LogP contribution in [-0.2, 0) is 6.42 Å². The van der Waals surface area contributed by atoms with Crippen LogP contribution in [0.25, 0.3) is 0 Å². The lowest BCUT2D eigenvalue weighted by Gasteiger charge is -2.34. The van der Waals surface area contributed by atoms with E-state index in [1.54, 1.807) is 0 Å². The molecule has 0 spiro atoms. The number of thiophene rings is 1. The van der Waals surface area contributed by atoms with E-state index >= 15 is 0 Å². The minimum absolute atomic E-state index is 0.368. The van der Waals surface area contributed by atoms with Crippen LogP contribution in [0.3, 0.4) is 0 Å². The highest BCUT2D eigenvalue weighted by molar-refractivity contribution is 9.10. The molecule has 0 amide bonds. The third kappa shape index (κ3) is 3.80. The lowest BCUT2D eigenvalue weighted by atomic mass is 9.76. The fourth-order valence-electron chi connectivity index (χ4n) is 1.98. The Kier molecular flexibility index (Phi) is 4.32. The van der Waals surface area contributed by atoms with Gasteiger partial charge in [0.15, 0.2) is 0 Å². The van der Waals surface area contributed by atoms with Gasteiger partial charge in [0.25, 0.3) is 0 Å². The molecular formula is C14H22BrNS. The summed E-state index contributed by atoms with van der Waals surface area (Å²) >= 11 is 5.41. The van der Waals surface area contributed by atoms with Crippen molar-refractivity contribution in [3.05, 3.63) is 20.8 Å². The number of rotatable bonds is 6. The smallest absolute Gasteiger partial charge is 0.0285 e. The highest BCUT2D eigenvalue weighted by atomic mass is 79.9. The molecule has 0 radical (unpaired) electrons. The molecule has 1 atom stereocenters. The molecule has 1 N–H and O–H groups in total. The maximum absolute atomic E-state index is 3.70. The molecule has 1 saturated carbocycles. The van der Waals surface area contributed by atoms with Crippen LogP contribution in [0.4, 0.5) is 0 Å². The van der Waals surface area contributed by atoms with Crippen molar-refractivity contribution in [1.82, 2.24) is 5.32 Å². The Hall–Kier alpha value is 0.140. The summed E-state index contributed by atoms with van der Waals surface area (Å²) in [5.41, 5.74) is 0.368. The maximum Gasteiger partial charge on any atom is 0.0285 e. The summed E-state index contributed by atoms with van der Waals surface area (Å²) in [6, 6.07) is 3.07. The molecular weight excluding hydrogens is 294 g/mol. The molecule has 17 heavy (non-hydrogen) atoms. The van der Waals surface area contributed by atoms with Crippen LogP contribution >= 0.6 is 27.3 Å². The van der Waals surface area contributed by atoms with Gasteiger partial charge in [0.1, 0.15) is 0 Å². The summed E-state index contributed by atoms with van der Waals surface area (Å²) in [7, 11) is 0. The second-order valence-corrected chi connectivity index (χ2v) is 7.78. The van der Waals surface area contributed by atoms with Gasteiger partial charge >= 0.3 is 0 Å². The predicted octanol–water partition coefficient (Wildman–Crippen LogP) is 4.47. The Bertz CT molecular complexity index is 370. The second-order valence-electron chi connectivity index (χ2n) is 5.87. The average Bonchev–Trinajstić information content (AvgIpc) is 3.00. The van der Waals surface area contributed by atoms with E-state index in [0.717, 1.165) is 12.6 Å². The van der Waals surface area contributed by atoms with E-state index in [1.807, 2.05) is 11.3 Å². The van der Waals surface area contributed by atoms with E-state index < -0.39 is 0 Å². The Morgan fingerprint density at radius 1 is 1.53 bits per heavy atom. The molecule has 1 nitrogen and oxygen atoms in total. The molecule has 0 aliphatic heterocycles. The van der Waals surface area contributed by atoms with Gasteiger partial charge < -0.3 is 5.32 Å². The first kappa shape index (κ1) is 13.6. The molecule has 1 fully saturated rings. The van der Waals surface area contributed by atoms with Crippen LogP contribution in [0, 0.1) is 11.3 Å². The Morgan fingerprint density at radius 2 is 2.24 bits per heavy atom. The van der Waals surface area contributed by atoms with Crippen molar-refractivity contribution in [3.63, 3.8) is 0 Å². The number of halogens is 1. The van der Waals surface area contributed by atoms with Gasteiger partial charge in [-0.05, 0) is 52.6 Å². The zero-order chi connectivity index (χ0) is 12.5. The summed E-state index contributed by atoms with van der Waals surface area (Å²) in [6.45, 7) is 8.25. The topological polar surface area (TPSA) is 12.0 Å². The predicted molar refractivity (Wildman–Crippen MR) is 79.7 cm³/mol. The number of hydrogen-bond donors (Lipinski definition) is 1. The summed E-state index contributed by atoms with van der Waals surface area (Å²) in [5.74, 6) is 0.703. The molecule has 1 aliphatic rings. The zero-order valence-electron chi connectivity index (χ0n) is 10.9. The summed E-state index contributed by atoms with van der Waals surface area (Å²) in [6.07, 6.45) is 3.93. The van der Waals surface area contributed by atoms with Crippen molar-refractivity contribution in [3.8, 4) is 0 Å². The largest absolute Gasteiger partial charge is 0.313 e. The van der Waals surface area contributed by atoms with Crippen molar-refractivity contribution >= 4 is 27.3 Å². The molecule has 3 heteroatoms. The van der Waals surface area contributed by atoms with E-state index in [4.69, 9.17) is 0 Å². The standard InChI is InChI=1S/C14H22BrNS/c1-10(2)14(3,9-16-12-4-5-12)7-13-6-11(15)8-17-13/h6,8,10,12,16H,4-5,7,9H2,1-3H3. The fourth-order valence-corrected chi connectivity index (χ4v) is 3.63. The fraction of sp³-hybridized carbons (Fsp3) is 0.714. The lowest BCUT2D eigenvalue weighted by molar-refractivity contribution is 0.208. The molecule has 96 valence electrons. The summed E-state index contributed by atoms with van der Waals surface area (Å²) in [4.78, 5) is 1.49. The minimum Gasteiger partial charge on any atom is -0.313 e. The lowest BCUT2D eigenvalue weighted by Crippen LogP contribution is -2.38.